The van der Waals surface area contributed by atoms with Crippen LogP contribution < -0.4 is 10.5 Å². The Labute approximate surface area is 113 Å². The largest absolute Gasteiger partial charge is 0.394 e. The van der Waals surface area contributed by atoms with Crippen molar-refractivity contribution in [3.8, 4) is 0 Å². The van der Waals surface area contributed by atoms with E-state index in [2.05, 4.69) is 0 Å². The van der Waals surface area contributed by atoms with Gasteiger partial charge in [0.25, 0.3) is 10.0 Å². The maximum Gasteiger partial charge on any atom is 0.264 e. The average molecular weight is 302 g/mol. The van der Waals surface area contributed by atoms with Crippen molar-refractivity contribution in [1.82, 2.24) is 0 Å². The van der Waals surface area contributed by atoms with E-state index in [1.165, 1.54) is 12.1 Å². The Hall–Kier alpha value is -2.22. The van der Waals surface area contributed by atoms with Gasteiger partial charge in [-0.3, -0.25) is 4.72 Å². The lowest BCUT2D eigenvalue weighted by Crippen LogP contribution is -2.16. The second-order valence-electron chi connectivity index (χ2n) is 3.86. The molecule has 4 nitrogen and oxygen atoms in total. The van der Waals surface area contributed by atoms with Gasteiger partial charge in [-0.05, 0) is 24.3 Å². The van der Waals surface area contributed by atoms with Crippen LogP contribution in [-0.4, -0.2) is 8.42 Å². The van der Waals surface area contributed by atoms with E-state index in [4.69, 9.17) is 5.73 Å². The van der Waals surface area contributed by atoms with E-state index in [9.17, 15) is 21.6 Å². The number of hydrogen-bond donors (Lipinski definition) is 2. The molecule has 0 amide bonds. The first-order chi connectivity index (χ1) is 9.33. The molecule has 0 spiro atoms. The standard InChI is InChI=1S/C12H9F3N2O2S/c13-7-3-1-2-4-9(7)17-20(18,19)10-6-5-8(14)12(16)11(10)15/h1-6,17H,16H2. The molecule has 0 heterocycles. The van der Waals surface area contributed by atoms with E-state index in [1.807, 2.05) is 4.72 Å². The van der Waals surface area contributed by atoms with E-state index in [-0.39, 0.29) is 5.69 Å². The Bertz CT molecular complexity index is 763. The van der Waals surface area contributed by atoms with Crippen LogP contribution in [0.25, 0.3) is 0 Å². The fourth-order valence-electron chi connectivity index (χ4n) is 1.50. The van der Waals surface area contributed by atoms with Gasteiger partial charge in [0.05, 0.1) is 5.69 Å². The number of sulfonamides is 1. The molecule has 106 valence electrons. The monoisotopic (exact) mass is 302 g/mol. The van der Waals surface area contributed by atoms with Crippen LogP contribution >= 0.6 is 0 Å². The van der Waals surface area contributed by atoms with Gasteiger partial charge in [0.15, 0.2) is 5.82 Å². The molecule has 0 fully saturated rings. The molecule has 0 aliphatic heterocycles. The van der Waals surface area contributed by atoms with Crippen LogP contribution in [0.1, 0.15) is 0 Å². The van der Waals surface area contributed by atoms with Gasteiger partial charge in [-0.1, -0.05) is 12.1 Å². The van der Waals surface area contributed by atoms with Crippen molar-refractivity contribution >= 4 is 21.4 Å². The maximum atomic E-state index is 13.7. The maximum absolute atomic E-state index is 13.7. The second-order valence-corrected chi connectivity index (χ2v) is 5.51. The summed E-state index contributed by atoms with van der Waals surface area (Å²) in [5.74, 6) is -3.33. The number of nitrogen functional groups attached to an aromatic ring is 1. The van der Waals surface area contributed by atoms with E-state index in [1.54, 1.807) is 0 Å². The van der Waals surface area contributed by atoms with Gasteiger partial charge in [0, 0.05) is 0 Å². The predicted octanol–water partition coefficient (Wildman–Crippen LogP) is 2.49. The number of nitrogens with two attached hydrogens (primary N) is 1. The van der Waals surface area contributed by atoms with Crippen LogP contribution in [0.2, 0.25) is 0 Å². The first kappa shape index (κ1) is 14.2. The predicted molar refractivity (Wildman–Crippen MR) is 68.0 cm³/mol. The summed E-state index contributed by atoms with van der Waals surface area (Å²) in [6.45, 7) is 0. The Morgan fingerprint density at radius 3 is 2.25 bits per heavy atom. The molecule has 2 rings (SSSR count). The zero-order chi connectivity index (χ0) is 14.9. The third-order valence-electron chi connectivity index (χ3n) is 2.50. The molecule has 0 aliphatic rings. The molecular weight excluding hydrogens is 293 g/mol. The highest BCUT2D eigenvalue weighted by molar-refractivity contribution is 7.92. The number of para-hydroxylation sites is 1. The van der Waals surface area contributed by atoms with Gasteiger partial charge < -0.3 is 5.73 Å². The summed E-state index contributed by atoms with van der Waals surface area (Å²) in [6, 6.07) is 6.39. The lowest BCUT2D eigenvalue weighted by atomic mass is 10.3. The Balaban J connectivity index is 2.47. The van der Waals surface area contributed by atoms with E-state index >= 15 is 0 Å². The number of benzene rings is 2. The molecule has 0 radical (unpaired) electrons. The minimum Gasteiger partial charge on any atom is -0.394 e. The third-order valence-corrected chi connectivity index (χ3v) is 3.88. The smallest absolute Gasteiger partial charge is 0.264 e. The van der Waals surface area contributed by atoms with Gasteiger partial charge in [-0.15, -0.1) is 0 Å². The van der Waals surface area contributed by atoms with Crippen molar-refractivity contribution in [1.29, 1.82) is 0 Å². The number of halogens is 3. The van der Waals surface area contributed by atoms with Gasteiger partial charge in [0.2, 0.25) is 0 Å². The van der Waals surface area contributed by atoms with Crippen molar-refractivity contribution in [2.45, 2.75) is 4.90 Å². The van der Waals surface area contributed by atoms with Crippen LogP contribution in [-0.2, 0) is 10.0 Å². The van der Waals surface area contributed by atoms with Gasteiger partial charge in [-0.25, -0.2) is 21.6 Å². The lowest BCUT2D eigenvalue weighted by Gasteiger charge is -2.10. The van der Waals surface area contributed by atoms with Gasteiger partial charge in [-0.2, -0.15) is 0 Å². The summed E-state index contributed by atoms with van der Waals surface area (Å²) in [7, 11) is -4.42. The molecule has 0 unspecified atom stereocenters. The molecule has 8 heteroatoms. The molecule has 0 bridgehead atoms. The molecule has 0 aliphatic carbocycles. The van der Waals surface area contributed by atoms with E-state index in [0.29, 0.717) is 12.1 Å². The van der Waals surface area contributed by atoms with Crippen molar-refractivity contribution in [2.24, 2.45) is 0 Å². The highest BCUT2D eigenvalue weighted by atomic mass is 32.2. The Kier molecular flexibility index (Phi) is 3.58. The van der Waals surface area contributed by atoms with Crippen molar-refractivity contribution in [3.63, 3.8) is 0 Å². The Morgan fingerprint density at radius 2 is 1.60 bits per heavy atom. The van der Waals surface area contributed by atoms with Crippen LogP contribution in [0.3, 0.4) is 0 Å². The van der Waals surface area contributed by atoms with E-state index in [0.717, 1.165) is 12.1 Å². The van der Waals surface area contributed by atoms with Gasteiger partial charge in [0.1, 0.15) is 22.2 Å². The van der Waals surface area contributed by atoms with Crippen LogP contribution in [0, 0.1) is 17.5 Å². The first-order valence-electron chi connectivity index (χ1n) is 5.34. The molecule has 2 aromatic carbocycles. The lowest BCUT2D eigenvalue weighted by molar-refractivity contribution is 0.556. The van der Waals surface area contributed by atoms with E-state index < -0.39 is 38.1 Å². The Morgan fingerprint density at radius 1 is 0.950 bits per heavy atom. The SMILES string of the molecule is Nc1c(F)ccc(S(=O)(=O)Nc2ccccc2F)c1F. The minimum absolute atomic E-state index is 0.352. The number of nitrogens with one attached hydrogen (secondary N) is 1. The zero-order valence-corrected chi connectivity index (χ0v) is 10.7. The second kappa shape index (κ2) is 5.04. The number of anilines is 2. The highest BCUT2D eigenvalue weighted by Gasteiger charge is 2.23. The summed E-state index contributed by atoms with van der Waals surface area (Å²) in [4.78, 5) is -0.861. The van der Waals surface area contributed by atoms with Crippen LogP contribution in [0.15, 0.2) is 41.3 Å². The fourth-order valence-corrected chi connectivity index (χ4v) is 2.66. The van der Waals surface area contributed by atoms with Crippen molar-refractivity contribution in [3.05, 3.63) is 53.8 Å². The first-order valence-corrected chi connectivity index (χ1v) is 6.82. The summed E-state index contributed by atoms with van der Waals surface area (Å²) in [5, 5.41) is 0. The molecular formula is C12H9F3N2O2S. The minimum atomic E-state index is -4.42. The molecule has 0 atom stereocenters. The molecule has 3 N–H and O–H groups in total. The normalized spacial score (nSPS) is 11.3. The molecule has 0 aromatic heterocycles. The summed E-state index contributed by atoms with van der Waals surface area (Å²) in [6.07, 6.45) is 0. The van der Waals surface area contributed by atoms with Crippen LogP contribution in [0.5, 0.6) is 0 Å². The molecule has 20 heavy (non-hydrogen) atoms. The number of rotatable bonds is 3. The molecule has 0 saturated heterocycles. The van der Waals surface area contributed by atoms with Crippen molar-refractivity contribution < 1.29 is 21.6 Å². The fraction of sp³-hybridized carbons (Fsp3) is 0. The topological polar surface area (TPSA) is 72.2 Å². The third kappa shape index (κ3) is 2.55. The van der Waals surface area contributed by atoms with Crippen molar-refractivity contribution in [2.75, 3.05) is 10.5 Å². The van der Waals surface area contributed by atoms with Crippen LogP contribution in [0.4, 0.5) is 24.5 Å². The number of hydrogen-bond acceptors (Lipinski definition) is 3. The van der Waals surface area contributed by atoms with Gasteiger partial charge >= 0.3 is 0 Å². The molecule has 2 aromatic rings. The summed E-state index contributed by atoms with van der Waals surface area (Å²) in [5.41, 5.74) is 3.82. The quantitative estimate of drug-likeness (QED) is 0.856. The molecule has 0 saturated carbocycles. The average Bonchev–Trinajstić information content (AvgIpc) is 2.38. The zero-order valence-electron chi connectivity index (χ0n) is 9.90. The summed E-state index contributed by atoms with van der Waals surface area (Å²) < 4.78 is 65.8. The highest BCUT2D eigenvalue weighted by Crippen LogP contribution is 2.25. The summed E-state index contributed by atoms with van der Waals surface area (Å²) >= 11 is 0.